The van der Waals surface area contributed by atoms with Crippen LogP contribution in [0, 0.1) is 0 Å². The molecular weight excluding hydrogens is 392 g/mol. The molecule has 0 unspecified atom stereocenters. The first-order valence-electron chi connectivity index (χ1n) is 9.17. The number of carbonyl (C=O) groups excluding carboxylic acids is 3. The summed E-state index contributed by atoms with van der Waals surface area (Å²) in [4.78, 5) is 37.8. The molecule has 0 saturated carbocycles. The van der Waals surface area contributed by atoms with Crippen molar-refractivity contribution >= 4 is 35.5 Å². The fourth-order valence-corrected chi connectivity index (χ4v) is 3.37. The molecule has 150 valence electrons. The van der Waals surface area contributed by atoms with Gasteiger partial charge in [-0.05, 0) is 28.8 Å². The fourth-order valence-electron chi connectivity index (χ4n) is 3.16. The number of rotatable bonds is 6. The lowest BCUT2D eigenvalue weighted by molar-refractivity contribution is -0.150. The Bertz CT molecular complexity index is 957. The third kappa shape index (κ3) is 5.23. The highest BCUT2D eigenvalue weighted by atomic mass is 35.5. The molecule has 0 aromatic heterocycles. The highest BCUT2D eigenvalue weighted by molar-refractivity contribution is 6.31. The molecule has 1 N–H and O–H groups in total. The van der Waals surface area contributed by atoms with Crippen LogP contribution in [0.5, 0.6) is 0 Å². The van der Waals surface area contributed by atoms with Gasteiger partial charge in [-0.25, -0.2) is 0 Å². The average Bonchev–Trinajstić information content (AvgIpc) is 2.71. The van der Waals surface area contributed by atoms with Gasteiger partial charge in [-0.15, -0.1) is 0 Å². The van der Waals surface area contributed by atoms with Crippen LogP contribution < -0.4 is 5.32 Å². The van der Waals surface area contributed by atoms with Crippen molar-refractivity contribution in [1.29, 1.82) is 0 Å². The first kappa shape index (κ1) is 20.6. The van der Waals surface area contributed by atoms with E-state index in [0.29, 0.717) is 5.02 Å². The van der Waals surface area contributed by atoms with Crippen molar-refractivity contribution in [2.45, 2.75) is 25.9 Å². The molecular formula is C22H21ClN2O4. The SMILES string of the molecule is CC(=O)N1C=Cc2ccccc2[C@H]1CC(=O)OCC(=O)NCc1ccccc1Cl. The van der Waals surface area contributed by atoms with Crippen LogP contribution >= 0.6 is 11.6 Å². The summed E-state index contributed by atoms with van der Waals surface area (Å²) < 4.78 is 5.12. The molecule has 1 heterocycles. The van der Waals surface area contributed by atoms with E-state index < -0.39 is 24.5 Å². The summed E-state index contributed by atoms with van der Waals surface area (Å²) in [5.41, 5.74) is 2.59. The van der Waals surface area contributed by atoms with Crippen molar-refractivity contribution in [2.75, 3.05) is 6.61 Å². The molecule has 2 aromatic rings. The van der Waals surface area contributed by atoms with E-state index >= 15 is 0 Å². The molecule has 2 aromatic carbocycles. The molecule has 0 fully saturated rings. The summed E-state index contributed by atoms with van der Waals surface area (Å²) in [7, 11) is 0. The molecule has 6 nitrogen and oxygen atoms in total. The normalized spacial score (nSPS) is 14.8. The lowest BCUT2D eigenvalue weighted by Gasteiger charge is -2.32. The molecule has 0 aliphatic carbocycles. The molecule has 0 radical (unpaired) electrons. The highest BCUT2D eigenvalue weighted by Gasteiger charge is 2.28. The van der Waals surface area contributed by atoms with Crippen LogP contribution in [0.15, 0.2) is 54.7 Å². The average molecular weight is 413 g/mol. The molecule has 0 spiro atoms. The summed E-state index contributed by atoms with van der Waals surface area (Å²) in [5.74, 6) is -1.16. The summed E-state index contributed by atoms with van der Waals surface area (Å²) in [6, 6.07) is 14.3. The van der Waals surface area contributed by atoms with Crippen molar-refractivity contribution in [3.63, 3.8) is 0 Å². The number of hydrogen-bond donors (Lipinski definition) is 1. The molecule has 0 bridgehead atoms. The van der Waals surface area contributed by atoms with Gasteiger partial charge >= 0.3 is 5.97 Å². The Morgan fingerprint density at radius 1 is 1.10 bits per heavy atom. The number of nitrogens with zero attached hydrogens (tertiary/aromatic N) is 1. The van der Waals surface area contributed by atoms with E-state index in [1.54, 1.807) is 24.4 Å². The van der Waals surface area contributed by atoms with E-state index in [1.165, 1.54) is 11.8 Å². The van der Waals surface area contributed by atoms with Crippen LogP contribution in [-0.4, -0.2) is 29.3 Å². The third-order valence-electron chi connectivity index (χ3n) is 4.63. The van der Waals surface area contributed by atoms with Crippen LogP contribution in [-0.2, 0) is 25.7 Å². The standard InChI is InChI=1S/C22H21ClN2O4/c1-15(26)25-11-10-16-6-2-4-8-18(16)20(25)12-22(28)29-14-21(27)24-13-17-7-3-5-9-19(17)23/h2-11,20H,12-14H2,1H3,(H,24,27)/t20-/m1/s1. The molecule has 29 heavy (non-hydrogen) atoms. The lowest BCUT2D eigenvalue weighted by Crippen LogP contribution is -2.33. The molecule has 1 atom stereocenters. The number of esters is 1. The number of benzene rings is 2. The Kier molecular flexibility index (Phi) is 6.67. The van der Waals surface area contributed by atoms with Crippen molar-refractivity contribution in [2.24, 2.45) is 0 Å². The summed E-state index contributed by atoms with van der Waals surface area (Å²) in [6.45, 7) is 1.29. The molecule has 2 amide bonds. The van der Waals surface area contributed by atoms with Gasteiger partial charge in [-0.1, -0.05) is 54.1 Å². The van der Waals surface area contributed by atoms with E-state index in [9.17, 15) is 14.4 Å². The van der Waals surface area contributed by atoms with E-state index in [2.05, 4.69) is 5.32 Å². The fraction of sp³-hybridized carbons (Fsp3) is 0.227. The van der Waals surface area contributed by atoms with Gasteiger partial charge in [-0.2, -0.15) is 0 Å². The molecule has 3 rings (SSSR count). The zero-order chi connectivity index (χ0) is 20.8. The predicted octanol–water partition coefficient (Wildman–Crippen LogP) is 3.46. The minimum Gasteiger partial charge on any atom is -0.456 e. The Labute approximate surface area is 174 Å². The quantitative estimate of drug-likeness (QED) is 0.737. The largest absolute Gasteiger partial charge is 0.456 e. The minimum absolute atomic E-state index is 0.0429. The van der Waals surface area contributed by atoms with Crippen molar-refractivity contribution < 1.29 is 19.1 Å². The van der Waals surface area contributed by atoms with Crippen LogP contribution in [0.3, 0.4) is 0 Å². The number of fused-ring (bicyclic) bond motifs is 1. The van der Waals surface area contributed by atoms with Crippen LogP contribution in [0.2, 0.25) is 5.02 Å². The summed E-state index contributed by atoms with van der Waals surface area (Å²) in [5, 5.41) is 3.22. The smallest absolute Gasteiger partial charge is 0.308 e. The number of ether oxygens (including phenoxy) is 1. The van der Waals surface area contributed by atoms with Gasteiger partial charge < -0.3 is 15.0 Å². The second-order valence-corrected chi connectivity index (χ2v) is 7.03. The number of carbonyl (C=O) groups is 3. The van der Waals surface area contributed by atoms with Crippen molar-refractivity contribution in [1.82, 2.24) is 10.2 Å². The lowest BCUT2D eigenvalue weighted by atomic mass is 9.94. The van der Waals surface area contributed by atoms with Gasteiger partial charge in [0.2, 0.25) is 5.91 Å². The Morgan fingerprint density at radius 3 is 2.59 bits per heavy atom. The van der Waals surface area contributed by atoms with Crippen molar-refractivity contribution in [3.05, 3.63) is 76.4 Å². The second kappa shape index (κ2) is 9.39. The van der Waals surface area contributed by atoms with Gasteiger partial charge in [0.25, 0.3) is 5.91 Å². The van der Waals surface area contributed by atoms with Crippen LogP contribution in [0.25, 0.3) is 6.08 Å². The summed E-state index contributed by atoms with van der Waals surface area (Å²) >= 11 is 6.05. The number of hydrogen-bond acceptors (Lipinski definition) is 4. The second-order valence-electron chi connectivity index (χ2n) is 6.62. The van der Waals surface area contributed by atoms with Gasteiger partial charge in [-0.3, -0.25) is 14.4 Å². The monoisotopic (exact) mass is 412 g/mol. The van der Waals surface area contributed by atoms with E-state index in [4.69, 9.17) is 16.3 Å². The number of nitrogens with one attached hydrogen (secondary N) is 1. The highest BCUT2D eigenvalue weighted by Crippen LogP contribution is 2.33. The minimum atomic E-state index is -0.556. The molecule has 1 aliphatic heterocycles. The molecule has 0 saturated heterocycles. The predicted molar refractivity (Wildman–Crippen MR) is 110 cm³/mol. The zero-order valence-electron chi connectivity index (χ0n) is 15.9. The van der Waals surface area contributed by atoms with E-state index in [1.807, 2.05) is 36.4 Å². The zero-order valence-corrected chi connectivity index (χ0v) is 16.7. The first-order chi connectivity index (χ1) is 14.0. The molecule has 1 aliphatic rings. The Hall–Kier alpha value is -3.12. The number of amides is 2. The van der Waals surface area contributed by atoms with Gasteiger partial charge in [0.05, 0.1) is 12.5 Å². The van der Waals surface area contributed by atoms with E-state index in [0.717, 1.165) is 16.7 Å². The Morgan fingerprint density at radius 2 is 1.83 bits per heavy atom. The maximum Gasteiger partial charge on any atom is 0.308 e. The van der Waals surface area contributed by atoms with Crippen LogP contribution in [0.1, 0.15) is 36.1 Å². The van der Waals surface area contributed by atoms with Crippen molar-refractivity contribution in [3.8, 4) is 0 Å². The maximum absolute atomic E-state index is 12.3. The first-order valence-corrected chi connectivity index (χ1v) is 9.55. The van der Waals surface area contributed by atoms with Gasteiger partial charge in [0.1, 0.15) is 0 Å². The van der Waals surface area contributed by atoms with Gasteiger partial charge in [0.15, 0.2) is 6.61 Å². The van der Waals surface area contributed by atoms with Crippen LogP contribution in [0.4, 0.5) is 0 Å². The summed E-state index contributed by atoms with van der Waals surface area (Å²) in [6.07, 6.45) is 3.46. The molecule has 7 heteroatoms. The van der Waals surface area contributed by atoms with E-state index in [-0.39, 0.29) is 18.9 Å². The Balaban J connectivity index is 1.55. The maximum atomic E-state index is 12.3. The third-order valence-corrected chi connectivity index (χ3v) is 5.00. The topological polar surface area (TPSA) is 75.7 Å². The van der Waals surface area contributed by atoms with Gasteiger partial charge in [0, 0.05) is 24.7 Å². The number of halogens is 1.